The third kappa shape index (κ3) is 2.26. The summed E-state index contributed by atoms with van der Waals surface area (Å²) >= 11 is 0. The number of fused-ring (bicyclic) bond motifs is 1. The fraction of sp³-hybridized carbons (Fsp3) is 0.0625. The van der Waals surface area contributed by atoms with E-state index in [9.17, 15) is 13.9 Å². The van der Waals surface area contributed by atoms with Crippen molar-refractivity contribution in [3.63, 3.8) is 0 Å². The van der Waals surface area contributed by atoms with Gasteiger partial charge in [0, 0.05) is 11.6 Å². The fourth-order valence-corrected chi connectivity index (χ4v) is 2.13. The molecule has 0 fully saturated rings. The number of aromatic nitrogens is 1. The Morgan fingerprint density at radius 3 is 2.45 bits per heavy atom. The van der Waals surface area contributed by atoms with E-state index in [1.807, 2.05) is 18.2 Å². The van der Waals surface area contributed by atoms with Crippen molar-refractivity contribution in [2.75, 3.05) is 0 Å². The van der Waals surface area contributed by atoms with E-state index < -0.39 is 17.7 Å². The average molecular weight is 271 g/mol. The van der Waals surface area contributed by atoms with E-state index in [-0.39, 0.29) is 0 Å². The van der Waals surface area contributed by atoms with Crippen molar-refractivity contribution in [1.29, 1.82) is 0 Å². The number of hydrogen-bond acceptors (Lipinski definition) is 2. The van der Waals surface area contributed by atoms with Crippen LogP contribution in [0.1, 0.15) is 17.2 Å². The Hall–Kier alpha value is -2.33. The standard InChI is InChI=1S/C16H11F2NO/c17-13-6-5-11(8-14(13)18)16(20)12-4-3-10-2-1-7-19-15(10)9-12/h1-9,16,20H. The number of halogens is 2. The zero-order valence-corrected chi connectivity index (χ0v) is 10.4. The first-order valence-corrected chi connectivity index (χ1v) is 6.13. The average Bonchev–Trinajstić information content (AvgIpc) is 2.49. The lowest BCUT2D eigenvalue weighted by Gasteiger charge is -2.12. The number of aliphatic hydroxyl groups is 1. The second kappa shape index (κ2) is 4.98. The Balaban J connectivity index is 2.02. The molecule has 4 heteroatoms. The van der Waals surface area contributed by atoms with Gasteiger partial charge in [0.05, 0.1) is 5.52 Å². The molecular formula is C16H11F2NO. The van der Waals surface area contributed by atoms with Gasteiger partial charge in [-0.05, 0) is 35.4 Å². The summed E-state index contributed by atoms with van der Waals surface area (Å²) < 4.78 is 26.1. The first-order valence-electron chi connectivity index (χ1n) is 6.13. The van der Waals surface area contributed by atoms with Gasteiger partial charge >= 0.3 is 0 Å². The van der Waals surface area contributed by atoms with Crippen LogP contribution in [0.5, 0.6) is 0 Å². The maximum absolute atomic E-state index is 13.2. The summed E-state index contributed by atoms with van der Waals surface area (Å²) in [4.78, 5) is 4.20. The van der Waals surface area contributed by atoms with E-state index >= 15 is 0 Å². The minimum absolute atomic E-state index is 0.305. The van der Waals surface area contributed by atoms with Crippen LogP contribution in [-0.4, -0.2) is 10.1 Å². The highest BCUT2D eigenvalue weighted by molar-refractivity contribution is 5.79. The van der Waals surface area contributed by atoms with Crippen molar-refractivity contribution in [3.05, 3.63) is 77.5 Å². The molecular weight excluding hydrogens is 260 g/mol. The molecule has 1 aromatic heterocycles. The minimum atomic E-state index is -1.02. The summed E-state index contributed by atoms with van der Waals surface area (Å²) in [6.07, 6.45) is 0.646. The molecule has 0 saturated heterocycles. The highest BCUT2D eigenvalue weighted by atomic mass is 19.2. The Kier molecular flexibility index (Phi) is 3.16. The van der Waals surface area contributed by atoms with Crippen LogP contribution in [0.2, 0.25) is 0 Å². The second-order valence-electron chi connectivity index (χ2n) is 4.53. The predicted molar refractivity (Wildman–Crippen MR) is 72.2 cm³/mol. The van der Waals surface area contributed by atoms with Crippen molar-refractivity contribution >= 4 is 10.9 Å². The summed E-state index contributed by atoms with van der Waals surface area (Å²) in [5.41, 5.74) is 1.63. The summed E-state index contributed by atoms with van der Waals surface area (Å²) in [6.45, 7) is 0. The largest absolute Gasteiger partial charge is 0.384 e. The number of nitrogens with zero attached hydrogens (tertiary/aromatic N) is 1. The van der Waals surface area contributed by atoms with Crippen LogP contribution in [0, 0.1) is 11.6 Å². The van der Waals surface area contributed by atoms with E-state index in [0.29, 0.717) is 11.1 Å². The molecule has 20 heavy (non-hydrogen) atoms. The van der Waals surface area contributed by atoms with Gasteiger partial charge in [-0.1, -0.05) is 24.3 Å². The molecule has 100 valence electrons. The van der Waals surface area contributed by atoms with Crippen molar-refractivity contribution in [2.24, 2.45) is 0 Å². The molecule has 2 nitrogen and oxygen atoms in total. The number of pyridine rings is 1. The first kappa shape index (κ1) is 12.7. The summed E-state index contributed by atoms with van der Waals surface area (Å²) in [7, 11) is 0. The molecule has 0 aliphatic carbocycles. The lowest BCUT2D eigenvalue weighted by atomic mass is 10.00. The molecule has 1 heterocycles. The number of aliphatic hydroxyl groups excluding tert-OH is 1. The molecule has 3 rings (SSSR count). The number of benzene rings is 2. The normalized spacial score (nSPS) is 12.6. The summed E-state index contributed by atoms with van der Waals surface area (Å²) in [5, 5.41) is 11.2. The van der Waals surface area contributed by atoms with Crippen LogP contribution in [0.25, 0.3) is 10.9 Å². The third-order valence-electron chi connectivity index (χ3n) is 3.21. The lowest BCUT2D eigenvalue weighted by Crippen LogP contribution is -2.01. The van der Waals surface area contributed by atoms with Crippen molar-refractivity contribution < 1.29 is 13.9 Å². The molecule has 0 saturated carbocycles. The lowest BCUT2D eigenvalue weighted by molar-refractivity contribution is 0.219. The maximum atomic E-state index is 13.2. The van der Waals surface area contributed by atoms with Crippen molar-refractivity contribution in [3.8, 4) is 0 Å². The van der Waals surface area contributed by atoms with E-state index in [1.165, 1.54) is 6.07 Å². The molecule has 1 unspecified atom stereocenters. The van der Waals surface area contributed by atoms with Gasteiger partial charge in [-0.15, -0.1) is 0 Å². The van der Waals surface area contributed by atoms with E-state index in [2.05, 4.69) is 4.98 Å². The Bertz CT molecular complexity index is 773. The van der Waals surface area contributed by atoms with Gasteiger partial charge in [0.2, 0.25) is 0 Å². The van der Waals surface area contributed by atoms with Crippen molar-refractivity contribution in [2.45, 2.75) is 6.10 Å². The second-order valence-corrected chi connectivity index (χ2v) is 4.53. The van der Waals surface area contributed by atoms with E-state index in [0.717, 1.165) is 23.0 Å². The molecule has 3 aromatic rings. The highest BCUT2D eigenvalue weighted by Crippen LogP contribution is 2.25. The molecule has 0 amide bonds. The highest BCUT2D eigenvalue weighted by Gasteiger charge is 2.13. The molecule has 1 N–H and O–H groups in total. The molecule has 0 aliphatic rings. The SMILES string of the molecule is OC(c1ccc(F)c(F)c1)c1ccc2cccnc2c1. The topological polar surface area (TPSA) is 33.1 Å². The summed E-state index contributed by atoms with van der Waals surface area (Å²) in [5.74, 6) is -1.90. The van der Waals surface area contributed by atoms with Gasteiger partial charge < -0.3 is 5.11 Å². The van der Waals surface area contributed by atoms with Gasteiger partial charge in [-0.25, -0.2) is 8.78 Å². The van der Waals surface area contributed by atoms with Gasteiger partial charge in [0.1, 0.15) is 6.10 Å². The Morgan fingerprint density at radius 2 is 1.65 bits per heavy atom. The molecule has 0 spiro atoms. The van der Waals surface area contributed by atoms with Crippen molar-refractivity contribution in [1.82, 2.24) is 4.98 Å². The minimum Gasteiger partial charge on any atom is -0.384 e. The fourth-order valence-electron chi connectivity index (χ4n) is 2.13. The predicted octanol–water partition coefficient (Wildman–Crippen LogP) is 3.59. The maximum Gasteiger partial charge on any atom is 0.159 e. The third-order valence-corrected chi connectivity index (χ3v) is 3.21. The van der Waals surface area contributed by atoms with Crippen LogP contribution in [-0.2, 0) is 0 Å². The molecule has 2 aromatic carbocycles. The zero-order valence-electron chi connectivity index (χ0n) is 10.4. The van der Waals surface area contributed by atoms with Crippen LogP contribution in [0.3, 0.4) is 0 Å². The van der Waals surface area contributed by atoms with Gasteiger partial charge in [-0.3, -0.25) is 4.98 Å². The molecule has 0 bridgehead atoms. The zero-order chi connectivity index (χ0) is 14.1. The Labute approximate surface area is 114 Å². The van der Waals surface area contributed by atoms with Gasteiger partial charge in [0.15, 0.2) is 11.6 Å². The Morgan fingerprint density at radius 1 is 0.900 bits per heavy atom. The van der Waals surface area contributed by atoms with Gasteiger partial charge in [-0.2, -0.15) is 0 Å². The van der Waals surface area contributed by atoms with E-state index in [1.54, 1.807) is 18.3 Å². The molecule has 0 radical (unpaired) electrons. The van der Waals surface area contributed by atoms with Crippen LogP contribution in [0.4, 0.5) is 8.78 Å². The van der Waals surface area contributed by atoms with Crippen LogP contribution in [0.15, 0.2) is 54.7 Å². The quantitative estimate of drug-likeness (QED) is 0.772. The van der Waals surface area contributed by atoms with E-state index in [4.69, 9.17) is 0 Å². The number of rotatable bonds is 2. The smallest absolute Gasteiger partial charge is 0.159 e. The van der Waals surface area contributed by atoms with Gasteiger partial charge in [0.25, 0.3) is 0 Å². The molecule has 1 atom stereocenters. The van der Waals surface area contributed by atoms with Crippen LogP contribution >= 0.6 is 0 Å². The first-order chi connectivity index (χ1) is 9.65. The molecule has 0 aliphatic heterocycles. The summed E-state index contributed by atoms with van der Waals surface area (Å²) in [6, 6.07) is 12.4. The van der Waals surface area contributed by atoms with Crippen LogP contribution < -0.4 is 0 Å². The number of hydrogen-bond donors (Lipinski definition) is 1. The monoisotopic (exact) mass is 271 g/mol.